The van der Waals surface area contributed by atoms with Gasteiger partial charge in [0.15, 0.2) is 11.5 Å². The Morgan fingerprint density at radius 1 is 1.16 bits per heavy atom. The highest BCUT2D eigenvalue weighted by Crippen LogP contribution is 2.45. The summed E-state index contributed by atoms with van der Waals surface area (Å²) in [5, 5.41) is 21.9. The molecular formula is C30H45NO6. The molecule has 1 aromatic carbocycles. The van der Waals surface area contributed by atoms with Gasteiger partial charge in [0, 0.05) is 44.0 Å². The quantitative estimate of drug-likeness (QED) is 0.293. The molecule has 0 aromatic heterocycles. The summed E-state index contributed by atoms with van der Waals surface area (Å²) in [5.74, 6) is 1.07. The Morgan fingerprint density at radius 2 is 2.00 bits per heavy atom. The zero-order valence-electron chi connectivity index (χ0n) is 22.7. The van der Waals surface area contributed by atoms with E-state index in [1.807, 2.05) is 11.0 Å². The van der Waals surface area contributed by atoms with Gasteiger partial charge in [0.05, 0.1) is 6.10 Å². The molecule has 2 aliphatic heterocycles. The summed E-state index contributed by atoms with van der Waals surface area (Å²) >= 11 is 0. The van der Waals surface area contributed by atoms with E-state index in [2.05, 4.69) is 6.92 Å². The Bertz CT molecular complexity index is 946. The van der Waals surface area contributed by atoms with Gasteiger partial charge >= 0.3 is 5.97 Å². The first kappa shape index (κ1) is 27.7. The van der Waals surface area contributed by atoms with E-state index in [0.717, 1.165) is 74.5 Å². The highest BCUT2D eigenvalue weighted by Gasteiger charge is 2.35. The van der Waals surface area contributed by atoms with Crippen molar-refractivity contribution >= 4 is 11.9 Å². The number of fused-ring (bicyclic) bond motifs is 2. The number of carbonyl (C=O) groups is 2. The number of nitrogens with zero attached hydrogens (tertiary/aromatic N) is 1. The van der Waals surface area contributed by atoms with Crippen LogP contribution >= 0.6 is 0 Å². The molecule has 1 aromatic rings. The molecule has 0 radical (unpaired) electrons. The number of phenolic OH excluding ortho intramolecular Hbond substituents is 1. The molecule has 1 saturated carbocycles. The number of benzene rings is 1. The molecule has 1 aliphatic carbocycles. The van der Waals surface area contributed by atoms with Gasteiger partial charge in [-0.05, 0) is 75.3 Å². The van der Waals surface area contributed by atoms with Crippen LogP contribution in [0, 0.1) is 5.92 Å². The lowest BCUT2D eigenvalue weighted by atomic mass is 9.90. The molecule has 2 fully saturated rings. The van der Waals surface area contributed by atoms with Gasteiger partial charge in [0.2, 0.25) is 5.91 Å². The number of aliphatic hydroxyl groups excluding tert-OH is 1. The van der Waals surface area contributed by atoms with Crippen molar-refractivity contribution in [3.05, 3.63) is 22.8 Å². The molecule has 7 heteroatoms. The van der Waals surface area contributed by atoms with Gasteiger partial charge in [-0.25, -0.2) is 0 Å². The number of unbranched alkanes of at least 4 members (excludes halogenated alkanes) is 2. The lowest BCUT2D eigenvalue weighted by molar-refractivity contribution is -0.148. The van der Waals surface area contributed by atoms with E-state index in [9.17, 15) is 19.8 Å². The molecule has 1 saturated heterocycles. The molecular weight excluding hydrogens is 470 g/mol. The number of phenols is 1. The highest BCUT2D eigenvalue weighted by molar-refractivity contribution is 5.78. The molecule has 2 N–H and O–H groups in total. The van der Waals surface area contributed by atoms with Crippen LogP contribution in [0.1, 0.15) is 108 Å². The molecule has 4 atom stereocenters. The number of aliphatic hydroxyl groups is 1. The second-order valence-corrected chi connectivity index (χ2v) is 11.3. The van der Waals surface area contributed by atoms with Crippen LogP contribution in [0.2, 0.25) is 0 Å². The fraction of sp³-hybridized carbons (Fsp3) is 0.733. The summed E-state index contributed by atoms with van der Waals surface area (Å²) in [6, 6.07) is 2.03. The summed E-state index contributed by atoms with van der Waals surface area (Å²) in [5.41, 5.74) is 2.87. The minimum atomic E-state index is -0.493. The molecule has 206 valence electrons. The van der Waals surface area contributed by atoms with Crippen molar-refractivity contribution in [1.29, 1.82) is 0 Å². The average molecular weight is 516 g/mol. The van der Waals surface area contributed by atoms with E-state index >= 15 is 0 Å². The maximum atomic E-state index is 12.3. The zero-order chi connectivity index (χ0) is 26.4. The first-order valence-electron chi connectivity index (χ1n) is 14.5. The molecule has 7 nitrogen and oxygen atoms in total. The summed E-state index contributed by atoms with van der Waals surface area (Å²) in [7, 11) is 0. The van der Waals surface area contributed by atoms with Crippen LogP contribution in [0.4, 0.5) is 0 Å². The van der Waals surface area contributed by atoms with Crippen LogP contribution in [0.25, 0.3) is 0 Å². The van der Waals surface area contributed by atoms with Crippen molar-refractivity contribution in [3.8, 4) is 11.5 Å². The normalized spacial score (nSPS) is 22.7. The third-order valence-corrected chi connectivity index (χ3v) is 8.43. The Hall–Kier alpha value is -2.28. The first-order chi connectivity index (χ1) is 17.9. The zero-order valence-corrected chi connectivity index (χ0v) is 22.7. The van der Waals surface area contributed by atoms with Gasteiger partial charge in [0.1, 0.15) is 12.2 Å². The van der Waals surface area contributed by atoms with Gasteiger partial charge in [-0.15, -0.1) is 0 Å². The van der Waals surface area contributed by atoms with Crippen LogP contribution in [-0.2, 0) is 33.7 Å². The number of amides is 1. The first-order valence-corrected chi connectivity index (χ1v) is 14.5. The Balaban J connectivity index is 1.56. The maximum absolute atomic E-state index is 12.3. The van der Waals surface area contributed by atoms with Crippen molar-refractivity contribution in [3.63, 3.8) is 0 Å². The number of aromatic hydroxyl groups is 1. The number of carbonyl (C=O) groups excluding carboxylic acids is 2. The van der Waals surface area contributed by atoms with Crippen LogP contribution in [0.3, 0.4) is 0 Å². The van der Waals surface area contributed by atoms with E-state index < -0.39 is 6.10 Å². The summed E-state index contributed by atoms with van der Waals surface area (Å²) in [4.78, 5) is 26.0. The second-order valence-electron chi connectivity index (χ2n) is 11.3. The van der Waals surface area contributed by atoms with E-state index in [-0.39, 0.29) is 29.8 Å². The SMILES string of the molecule is CCCCC[C@H](O)C[C@@H](CCc1cc(CN2CCCC2=O)c(O)c2c1CC[C@@H]1CCC[C@@H]1O2)OC(C)=O. The van der Waals surface area contributed by atoms with Gasteiger partial charge in [0.25, 0.3) is 0 Å². The third-order valence-electron chi connectivity index (χ3n) is 8.43. The van der Waals surface area contributed by atoms with Gasteiger partial charge < -0.3 is 24.6 Å². The van der Waals surface area contributed by atoms with Crippen molar-refractivity contribution in [2.24, 2.45) is 5.92 Å². The van der Waals surface area contributed by atoms with Crippen LogP contribution in [-0.4, -0.2) is 51.8 Å². The molecule has 1 amide bonds. The summed E-state index contributed by atoms with van der Waals surface area (Å²) in [6.45, 7) is 4.65. The van der Waals surface area contributed by atoms with Crippen molar-refractivity contribution in [2.45, 2.75) is 129 Å². The van der Waals surface area contributed by atoms with Gasteiger partial charge in [-0.3, -0.25) is 9.59 Å². The fourth-order valence-electron chi connectivity index (χ4n) is 6.42. The van der Waals surface area contributed by atoms with E-state index in [1.54, 1.807) is 0 Å². The van der Waals surface area contributed by atoms with Crippen molar-refractivity contribution < 1.29 is 29.3 Å². The monoisotopic (exact) mass is 515 g/mol. The Kier molecular flexibility index (Phi) is 9.74. The van der Waals surface area contributed by atoms with Gasteiger partial charge in [-0.2, -0.15) is 0 Å². The Labute approximate surface area is 221 Å². The average Bonchev–Trinajstić information content (AvgIpc) is 3.43. The number of hydrogen-bond donors (Lipinski definition) is 2. The smallest absolute Gasteiger partial charge is 0.302 e. The topological polar surface area (TPSA) is 96.3 Å². The van der Waals surface area contributed by atoms with E-state index in [0.29, 0.717) is 56.9 Å². The summed E-state index contributed by atoms with van der Waals surface area (Å²) in [6.07, 6.45) is 11.4. The lowest BCUT2D eigenvalue weighted by Gasteiger charge is -2.24. The minimum Gasteiger partial charge on any atom is -0.504 e. The lowest BCUT2D eigenvalue weighted by Crippen LogP contribution is -2.25. The minimum absolute atomic E-state index is 0.125. The number of ether oxygens (including phenoxy) is 2. The highest BCUT2D eigenvalue weighted by atomic mass is 16.5. The number of hydrogen-bond acceptors (Lipinski definition) is 6. The maximum Gasteiger partial charge on any atom is 0.302 e. The van der Waals surface area contributed by atoms with Crippen LogP contribution in [0.15, 0.2) is 6.07 Å². The molecule has 0 unspecified atom stereocenters. The summed E-state index contributed by atoms with van der Waals surface area (Å²) < 4.78 is 12.1. The molecule has 3 aliphatic rings. The molecule has 37 heavy (non-hydrogen) atoms. The molecule has 4 rings (SSSR count). The van der Waals surface area contributed by atoms with E-state index in [1.165, 1.54) is 6.92 Å². The fourth-order valence-corrected chi connectivity index (χ4v) is 6.42. The number of rotatable bonds is 12. The molecule has 0 bridgehead atoms. The van der Waals surface area contributed by atoms with Crippen molar-refractivity contribution in [2.75, 3.05) is 6.54 Å². The predicted molar refractivity (Wildman–Crippen MR) is 141 cm³/mol. The number of esters is 1. The molecule has 2 heterocycles. The van der Waals surface area contributed by atoms with Crippen LogP contribution in [0.5, 0.6) is 11.5 Å². The second kappa shape index (κ2) is 13.0. The largest absolute Gasteiger partial charge is 0.504 e. The standard InChI is InChI=1S/C30H45NO6/c1-3-4-5-9-24(33)18-25(36-20(2)32)14-12-22-17-23(19-31-16-7-11-28(31)34)29(35)30-26(22)15-13-21-8-6-10-27(21)37-30/h17,21,24-25,27,33,35H,3-16,18-19H2,1-2H3/t21-,24-,25+,27-/m0/s1. The third kappa shape index (κ3) is 7.18. The molecule has 0 spiro atoms. The van der Waals surface area contributed by atoms with Crippen molar-refractivity contribution in [1.82, 2.24) is 4.90 Å². The Morgan fingerprint density at radius 3 is 2.73 bits per heavy atom. The van der Waals surface area contributed by atoms with Gasteiger partial charge in [-0.1, -0.05) is 26.2 Å². The predicted octanol–water partition coefficient (Wildman–Crippen LogP) is 5.20. The number of aryl methyl sites for hydroxylation is 1. The van der Waals surface area contributed by atoms with Crippen LogP contribution < -0.4 is 4.74 Å². The van der Waals surface area contributed by atoms with E-state index in [4.69, 9.17) is 9.47 Å². The number of likely N-dealkylation sites (tertiary alicyclic amines) is 1.